The first-order chi connectivity index (χ1) is 17.2. The van der Waals surface area contributed by atoms with E-state index in [9.17, 15) is 4.57 Å². The SMILES string of the molecule is CCCCCCCCCCCCOP(=O)(OCCCCCC)OCCCCCCCCCCCC. The molecule has 0 N–H and O–H groups in total. The average molecular weight is 519 g/mol. The Morgan fingerprint density at radius 2 is 0.543 bits per heavy atom. The lowest BCUT2D eigenvalue weighted by molar-refractivity contribution is 0.108. The molecule has 0 amide bonds. The zero-order chi connectivity index (χ0) is 25.7. The van der Waals surface area contributed by atoms with Crippen LogP contribution in [0, 0.1) is 0 Å². The first-order valence-electron chi connectivity index (χ1n) is 15.7. The van der Waals surface area contributed by atoms with Crippen LogP contribution in [-0.2, 0) is 18.1 Å². The van der Waals surface area contributed by atoms with Crippen molar-refractivity contribution in [1.82, 2.24) is 0 Å². The maximum absolute atomic E-state index is 13.1. The van der Waals surface area contributed by atoms with E-state index in [1.165, 1.54) is 116 Å². The molecule has 0 heterocycles. The number of rotatable bonds is 30. The maximum Gasteiger partial charge on any atom is 0.474 e. The number of unbranched alkanes of at least 4 members (excludes halogenated alkanes) is 21. The average Bonchev–Trinajstić information content (AvgIpc) is 2.86. The van der Waals surface area contributed by atoms with E-state index in [2.05, 4.69) is 20.8 Å². The Balaban J connectivity index is 3.93. The third-order valence-electron chi connectivity index (χ3n) is 6.74. The Kier molecular flexibility index (Phi) is 28.8. The fourth-order valence-electron chi connectivity index (χ4n) is 4.35. The quantitative estimate of drug-likeness (QED) is 0.0700. The van der Waals surface area contributed by atoms with E-state index in [0.717, 1.165) is 38.5 Å². The largest absolute Gasteiger partial charge is 0.474 e. The highest BCUT2D eigenvalue weighted by Crippen LogP contribution is 2.50. The van der Waals surface area contributed by atoms with Gasteiger partial charge in [-0.3, -0.25) is 13.6 Å². The van der Waals surface area contributed by atoms with Crippen molar-refractivity contribution in [3.63, 3.8) is 0 Å². The van der Waals surface area contributed by atoms with Gasteiger partial charge in [-0.15, -0.1) is 0 Å². The molecule has 0 unspecified atom stereocenters. The summed E-state index contributed by atoms with van der Waals surface area (Å²) >= 11 is 0. The maximum atomic E-state index is 13.1. The molecular formula is C30H63O4P. The van der Waals surface area contributed by atoms with Crippen LogP contribution in [-0.4, -0.2) is 19.8 Å². The van der Waals surface area contributed by atoms with Crippen molar-refractivity contribution in [2.75, 3.05) is 19.8 Å². The summed E-state index contributed by atoms with van der Waals surface area (Å²) < 4.78 is 30.2. The molecule has 0 aromatic carbocycles. The molecule has 212 valence electrons. The summed E-state index contributed by atoms with van der Waals surface area (Å²) in [6, 6.07) is 0. The smallest absolute Gasteiger partial charge is 0.287 e. The van der Waals surface area contributed by atoms with Gasteiger partial charge in [-0.2, -0.15) is 0 Å². The van der Waals surface area contributed by atoms with E-state index in [0.29, 0.717) is 19.8 Å². The molecule has 35 heavy (non-hydrogen) atoms. The molecule has 0 bridgehead atoms. The highest BCUT2D eigenvalue weighted by molar-refractivity contribution is 7.48. The number of hydrogen-bond donors (Lipinski definition) is 0. The first-order valence-corrected chi connectivity index (χ1v) is 17.2. The molecule has 4 nitrogen and oxygen atoms in total. The minimum atomic E-state index is -3.42. The lowest BCUT2D eigenvalue weighted by Crippen LogP contribution is -2.04. The van der Waals surface area contributed by atoms with Gasteiger partial charge in [0.1, 0.15) is 0 Å². The van der Waals surface area contributed by atoms with E-state index in [1.54, 1.807) is 0 Å². The highest BCUT2D eigenvalue weighted by atomic mass is 31.2. The zero-order valence-corrected chi connectivity index (χ0v) is 25.1. The first kappa shape index (κ1) is 35.1. The normalized spacial score (nSPS) is 12.0. The molecular weight excluding hydrogens is 455 g/mol. The fraction of sp³-hybridized carbons (Fsp3) is 1.00. The molecule has 0 radical (unpaired) electrons. The van der Waals surface area contributed by atoms with Crippen molar-refractivity contribution < 1.29 is 18.1 Å². The predicted octanol–water partition coefficient (Wildman–Crippen LogP) is 11.6. The summed E-state index contributed by atoms with van der Waals surface area (Å²) in [5, 5.41) is 0. The van der Waals surface area contributed by atoms with Crippen LogP contribution in [0.5, 0.6) is 0 Å². The second-order valence-electron chi connectivity index (χ2n) is 10.4. The lowest BCUT2D eigenvalue weighted by atomic mass is 10.1. The molecule has 0 aromatic heterocycles. The van der Waals surface area contributed by atoms with Gasteiger partial charge in [0.25, 0.3) is 0 Å². The molecule has 0 spiro atoms. The van der Waals surface area contributed by atoms with Gasteiger partial charge in [0.05, 0.1) is 19.8 Å². The van der Waals surface area contributed by atoms with Gasteiger partial charge >= 0.3 is 7.82 Å². The topological polar surface area (TPSA) is 44.8 Å². The van der Waals surface area contributed by atoms with Crippen LogP contribution < -0.4 is 0 Å². The second-order valence-corrected chi connectivity index (χ2v) is 12.0. The van der Waals surface area contributed by atoms with Crippen molar-refractivity contribution in [2.45, 2.75) is 175 Å². The Morgan fingerprint density at radius 3 is 0.800 bits per heavy atom. The number of phosphoric ester groups is 1. The Hall–Kier alpha value is 0.110. The number of hydrogen-bond acceptors (Lipinski definition) is 4. The van der Waals surface area contributed by atoms with Crippen LogP contribution >= 0.6 is 7.82 Å². The Labute approximate surface area is 220 Å². The third-order valence-corrected chi connectivity index (χ3v) is 8.24. The molecule has 0 rings (SSSR count). The van der Waals surface area contributed by atoms with Gasteiger partial charge < -0.3 is 0 Å². The summed E-state index contributed by atoms with van der Waals surface area (Å²) in [6.07, 6.45) is 29.9. The summed E-state index contributed by atoms with van der Waals surface area (Å²) in [6.45, 7) is 8.13. The van der Waals surface area contributed by atoms with E-state index in [4.69, 9.17) is 13.6 Å². The molecule has 0 aliphatic rings. The van der Waals surface area contributed by atoms with Gasteiger partial charge in [0.2, 0.25) is 0 Å². The van der Waals surface area contributed by atoms with Crippen LogP contribution in [0.4, 0.5) is 0 Å². The highest BCUT2D eigenvalue weighted by Gasteiger charge is 2.26. The molecule has 0 aromatic rings. The lowest BCUT2D eigenvalue weighted by Gasteiger charge is -2.18. The van der Waals surface area contributed by atoms with Gasteiger partial charge in [0, 0.05) is 0 Å². The van der Waals surface area contributed by atoms with Crippen LogP contribution in [0.2, 0.25) is 0 Å². The van der Waals surface area contributed by atoms with Crippen LogP contribution in [0.15, 0.2) is 0 Å². The van der Waals surface area contributed by atoms with Crippen molar-refractivity contribution in [3.8, 4) is 0 Å². The number of phosphoric acid groups is 1. The molecule has 0 aliphatic carbocycles. The van der Waals surface area contributed by atoms with Crippen LogP contribution in [0.25, 0.3) is 0 Å². The molecule has 0 fully saturated rings. The van der Waals surface area contributed by atoms with Gasteiger partial charge in [-0.05, 0) is 19.3 Å². The molecule has 0 saturated carbocycles. The predicted molar refractivity (Wildman–Crippen MR) is 153 cm³/mol. The zero-order valence-electron chi connectivity index (χ0n) is 24.2. The van der Waals surface area contributed by atoms with Crippen molar-refractivity contribution >= 4 is 7.82 Å². The van der Waals surface area contributed by atoms with Crippen LogP contribution in [0.1, 0.15) is 175 Å². The molecule has 0 aliphatic heterocycles. The Morgan fingerprint density at radius 1 is 0.343 bits per heavy atom. The summed E-state index contributed by atoms with van der Waals surface area (Å²) in [5.41, 5.74) is 0. The summed E-state index contributed by atoms with van der Waals surface area (Å²) in [7, 11) is -3.42. The van der Waals surface area contributed by atoms with E-state index in [1.807, 2.05) is 0 Å². The molecule has 5 heteroatoms. The fourth-order valence-corrected chi connectivity index (χ4v) is 5.63. The summed E-state index contributed by atoms with van der Waals surface area (Å²) in [4.78, 5) is 0. The van der Waals surface area contributed by atoms with E-state index < -0.39 is 7.82 Å². The minimum Gasteiger partial charge on any atom is -0.287 e. The van der Waals surface area contributed by atoms with Crippen molar-refractivity contribution in [2.24, 2.45) is 0 Å². The Bertz CT molecular complexity index is 414. The summed E-state index contributed by atoms with van der Waals surface area (Å²) in [5.74, 6) is 0. The van der Waals surface area contributed by atoms with Gasteiger partial charge in [-0.25, -0.2) is 4.57 Å². The van der Waals surface area contributed by atoms with Crippen LogP contribution in [0.3, 0.4) is 0 Å². The van der Waals surface area contributed by atoms with Gasteiger partial charge in [0.15, 0.2) is 0 Å². The van der Waals surface area contributed by atoms with E-state index in [-0.39, 0.29) is 0 Å². The molecule has 0 atom stereocenters. The van der Waals surface area contributed by atoms with E-state index >= 15 is 0 Å². The minimum absolute atomic E-state index is 0.466. The standard InChI is InChI=1S/C30H63O4P/c1-4-7-10-13-15-17-19-21-23-26-29-33-35(31,32-28-25-12-9-6-3)34-30-27-24-22-20-18-16-14-11-8-5-2/h4-30H2,1-3H3. The van der Waals surface area contributed by atoms with Crippen molar-refractivity contribution in [3.05, 3.63) is 0 Å². The second kappa shape index (κ2) is 28.7. The van der Waals surface area contributed by atoms with Crippen molar-refractivity contribution in [1.29, 1.82) is 0 Å². The van der Waals surface area contributed by atoms with Gasteiger partial charge in [-0.1, -0.05) is 156 Å². The third kappa shape index (κ3) is 27.0. The monoisotopic (exact) mass is 518 g/mol. The molecule has 0 saturated heterocycles.